The lowest BCUT2D eigenvalue weighted by Crippen LogP contribution is -2.22. The number of esters is 2. The fraction of sp³-hybridized carbons (Fsp3) is 0.765. The van der Waals surface area contributed by atoms with Crippen LogP contribution in [-0.2, 0) is 19.1 Å². The summed E-state index contributed by atoms with van der Waals surface area (Å²) < 4.78 is 10.5. The van der Waals surface area contributed by atoms with E-state index >= 15 is 0 Å². The van der Waals surface area contributed by atoms with Crippen LogP contribution in [0, 0.1) is 5.92 Å². The summed E-state index contributed by atoms with van der Waals surface area (Å²) in [5, 5.41) is 0. The van der Waals surface area contributed by atoms with E-state index < -0.39 is 0 Å². The average Bonchev–Trinajstić information content (AvgIpc) is 2.92. The smallest absolute Gasteiger partial charge is 0.306 e. The van der Waals surface area contributed by atoms with Crippen molar-refractivity contribution in [2.24, 2.45) is 5.92 Å². The molecule has 0 aliphatic heterocycles. The van der Waals surface area contributed by atoms with Gasteiger partial charge in [0.2, 0.25) is 0 Å². The van der Waals surface area contributed by atoms with Crippen LogP contribution in [-0.4, -0.2) is 24.6 Å². The highest BCUT2D eigenvalue weighted by Crippen LogP contribution is 2.29. The van der Waals surface area contributed by atoms with Crippen LogP contribution < -0.4 is 0 Å². The minimum Gasteiger partial charge on any atom is -0.462 e. The summed E-state index contributed by atoms with van der Waals surface area (Å²) >= 11 is 0. The Labute approximate surface area is 127 Å². The molecule has 1 aliphatic rings. The molecule has 120 valence electrons. The second-order valence-electron chi connectivity index (χ2n) is 6.06. The van der Waals surface area contributed by atoms with Gasteiger partial charge in [-0.1, -0.05) is 18.4 Å². The number of hydrogen-bond donors (Lipinski definition) is 0. The maximum absolute atomic E-state index is 11.7. The minimum absolute atomic E-state index is 0.00428. The van der Waals surface area contributed by atoms with Gasteiger partial charge in [0, 0.05) is 12.8 Å². The molecule has 1 atom stereocenters. The summed E-state index contributed by atoms with van der Waals surface area (Å²) in [5.74, 6) is 0.0543. The van der Waals surface area contributed by atoms with Crippen molar-refractivity contribution in [2.45, 2.75) is 71.8 Å². The molecule has 0 spiro atoms. The molecule has 0 N–H and O–H groups in total. The molecule has 1 rings (SSSR count). The van der Waals surface area contributed by atoms with Crippen molar-refractivity contribution in [3.63, 3.8) is 0 Å². The molecule has 4 nitrogen and oxygen atoms in total. The van der Waals surface area contributed by atoms with E-state index in [9.17, 15) is 9.59 Å². The van der Waals surface area contributed by atoms with Gasteiger partial charge in [0.15, 0.2) is 0 Å². The van der Waals surface area contributed by atoms with Gasteiger partial charge < -0.3 is 9.47 Å². The fourth-order valence-corrected chi connectivity index (χ4v) is 2.54. The number of carbonyl (C=O) groups is 2. The van der Waals surface area contributed by atoms with Crippen LogP contribution in [0.25, 0.3) is 0 Å². The van der Waals surface area contributed by atoms with Crippen molar-refractivity contribution in [3.05, 3.63) is 11.6 Å². The van der Waals surface area contributed by atoms with Crippen LogP contribution >= 0.6 is 0 Å². The van der Waals surface area contributed by atoms with E-state index in [2.05, 4.69) is 0 Å². The van der Waals surface area contributed by atoms with Gasteiger partial charge in [-0.05, 0) is 52.0 Å². The third-order valence-corrected chi connectivity index (χ3v) is 3.88. The van der Waals surface area contributed by atoms with Crippen molar-refractivity contribution in [1.82, 2.24) is 0 Å². The quantitative estimate of drug-likeness (QED) is 0.505. The minimum atomic E-state index is -0.260. The number of rotatable bonds is 8. The number of ether oxygens (including phenoxy) is 2. The molecular weight excluding hydrogens is 268 g/mol. The van der Waals surface area contributed by atoms with Gasteiger partial charge in [-0.3, -0.25) is 9.59 Å². The molecule has 0 radical (unpaired) electrons. The Kier molecular flexibility index (Phi) is 8.09. The monoisotopic (exact) mass is 296 g/mol. The van der Waals surface area contributed by atoms with Crippen LogP contribution in [0.2, 0.25) is 0 Å². The second kappa shape index (κ2) is 9.59. The lowest BCUT2D eigenvalue weighted by molar-refractivity contribution is -0.151. The van der Waals surface area contributed by atoms with Crippen LogP contribution in [0.3, 0.4) is 0 Å². The van der Waals surface area contributed by atoms with Crippen molar-refractivity contribution < 1.29 is 19.1 Å². The van der Waals surface area contributed by atoms with Gasteiger partial charge in [-0.2, -0.15) is 0 Å². The second-order valence-corrected chi connectivity index (χ2v) is 6.06. The first-order valence-corrected chi connectivity index (χ1v) is 7.97. The molecule has 0 heterocycles. The van der Waals surface area contributed by atoms with Crippen LogP contribution in [0.4, 0.5) is 0 Å². The van der Waals surface area contributed by atoms with Crippen LogP contribution in [0.5, 0.6) is 0 Å². The van der Waals surface area contributed by atoms with Crippen molar-refractivity contribution in [1.29, 1.82) is 0 Å². The van der Waals surface area contributed by atoms with Crippen LogP contribution in [0.1, 0.15) is 65.7 Å². The van der Waals surface area contributed by atoms with E-state index in [4.69, 9.17) is 9.47 Å². The van der Waals surface area contributed by atoms with E-state index in [1.165, 1.54) is 12.8 Å². The highest BCUT2D eigenvalue weighted by Gasteiger charge is 2.24. The van der Waals surface area contributed by atoms with Crippen molar-refractivity contribution in [2.75, 3.05) is 6.61 Å². The van der Waals surface area contributed by atoms with E-state index in [-0.39, 0.29) is 30.9 Å². The molecule has 0 aromatic rings. The first-order valence-electron chi connectivity index (χ1n) is 7.97. The number of carbonyl (C=O) groups excluding carboxylic acids is 2. The predicted octanol–water partition coefficient (Wildman–Crippen LogP) is 3.79. The van der Waals surface area contributed by atoms with Crippen molar-refractivity contribution in [3.8, 4) is 0 Å². The lowest BCUT2D eigenvalue weighted by Gasteiger charge is -2.19. The molecule has 21 heavy (non-hydrogen) atoms. The predicted molar refractivity (Wildman–Crippen MR) is 81.8 cm³/mol. The molecule has 1 unspecified atom stereocenters. The molecule has 0 aromatic carbocycles. The Morgan fingerprint density at radius 3 is 2.38 bits per heavy atom. The zero-order valence-corrected chi connectivity index (χ0v) is 13.5. The topological polar surface area (TPSA) is 52.6 Å². The Morgan fingerprint density at radius 1 is 1.14 bits per heavy atom. The molecule has 0 bridgehead atoms. The molecule has 1 saturated carbocycles. The average molecular weight is 296 g/mol. The maximum atomic E-state index is 11.7. The standard InChI is InChI=1S/C17H28O4/c1-13(2)11-12-20-16(18)9-6-10-17(19)21-14(3)15-7-4-5-8-15/h11,14-15H,4-10,12H2,1-3H3. The van der Waals surface area contributed by atoms with Crippen molar-refractivity contribution >= 4 is 11.9 Å². The Hall–Kier alpha value is -1.32. The summed E-state index contributed by atoms with van der Waals surface area (Å²) in [6, 6.07) is 0. The molecule has 1 fully saturated rings. The molecular formula is C17H28O4. The summed E-state index contributed by atoms with van der Waals surface area (Å²) in [7, 11) is 0. The summed E-state index contributed by atoms with van der Waals surface area (Å²) in [6.45, 7) is 6.19. The van der Waals surface area contributed by atoms with E-state index in [0.29, 0.717) is 18.9 Å². The highest BCUT2D eigenvalue weighted by molar-refractivity contribution is 5.72. The zero-order chi connectivity index (χ0) is 15.7. The lowest BCUT2D eigenvalue weighted by atomic mass is 10.0. The molecule has 4 heteroatoms. The Bertz CT molecular complexity index is 363. The van der Waals surface area contributed by atoms with E-state index in [1.807, 2.05) is 26.8 Å². The van der Waals surface area contributed by atoms with Crippen LogP contribution in [0.15, 0.2) is 11.6 Å². The zero-order valence-electron chi connectivity index (χ0n) is 13.5. The van der Waals surface area contributed by atoms with E-state index in [1.54, 1.807) is 0 Å². The summed E-state index contributed by atoms with van der Waals surface area (Å²) in [5.41, 5.74) is 1.12. The third-order valence-electron chi connectivity index (χ3n) is 3.88. The summed E-state index contributed by atoms with van der Waals surface area (Å²) in [4.78, 5) is 23.1. The molecule has 0 amide bonds. The van der Waals surface area contributed by atoms with E-state index in [0.717, 1.165) is 18.4 Å². The summed E-state index contributed by atoms with van der Waals surface area (Å²) in [6.07, 6.45) is 7.70. The van der Waals surface area contributed by atoms with Gasteiger partial charge in [0.1, 0.15) is 12.7 Å². The molecule has 1 aliphatic carbocycles. The first-order chi connectivity index (χ1) is 9.99. The number of hydrogen-bond acceptors (Lipinski definition) is 4. The number of allylic oxidation sites excluding steroid dienone is 1. The van der Waals surface area contributed by atoms with Gasteiger partial charge >= 0.3 is 11.9 Å². The third kappa shape index (κ3) is 7.88. The molecule has 0 saturated heterocycles. The Balaban J connectivity index is 2.09. The fourth-order valence-electron chi connectivity index (χ4n) is 2.54. The van der Waals surface area contributed by atoms with Gasteiger partial charge in [-0.15, -0.1) is 0 Å². The van der Waals surface area contributed by atoms with Gasteiger partial charge in [0.25, 0.3) is 0 Å². The Morgan fingerprint density at radius 2 is 1.76 bits per heavy atom. The normalized spacial score (nSPS) is 16.3. The largest absolute Gasteiger partial charge is 0.462 e. The molecule has 0 aromatic heterocycles. The highest BCUT2D eigenvalue weighted by atomic mass is 16.5. The maximum Gasteiger partial charge on any atom is 0.306 e. The van der Waals surface area contributed by atoms with Gasteiger partial charge in [0.05, 0.1) is 0 Å². The first kappa shape index (κ1) is 17.7. The van der Waals surface area contributed by atoms with Gasteiger partial charge in [-0.25, -0.2) is 0 Å². The SMILES string of the molecule is CC(C)=CCOC(=O)CCCC(=O)OC(C)C1CCCC1.